The summed E-state index contributed by atoms with van der Waals surface area (Å²) in [7, 11) is 3.58. The van der Waals surface area contributed by atoms with Gasteiger partial charge in [-0.05, 0) is 31.7 Å². The molecule has 0 radical (unpaired) electrons. The normalized spacial score (nSPS) is 12.9. The zero-order valence-electron chi connectivity index (χ0n) is 9.90. The molecule has 0 saturated carbocycles. The van der Waals surface area contributed by atoms with Crippen molar-refractivity contribution in [3.8, 4) is 5.75 Å². The molecule has 1 N–H and O–H groups in total. The summed E-state index contributed by atoms with van der Waals surface area (Å²) < 4.78 is 5.09. The molecule has 0 heterocycles. The van der Waals surface area contributed by atoms with E-state index in [0.29, 0.717) is 11.6 Å². The fourth-order valence-electron chi connectivity index (χ4n) is 1.35. The maximum absolute atomic E-state index is 9.04. The molecule has 0 aromatic heterocycles. The molecular weight excluding hydrogens is 226 g/mol. The molecule has 1 rings (SSSR count). The highest BCUT2D eigenvalue weighted by Crippen LogP contribution is 2.23. The smallest absolute Gasteiger partial charge is 0.120 e. The van der Waals surface area contributed by atoms with E-state index in [-0.39, 0.29) is 12.6 Å². The number of hydrogen-bond donors (Lipinski definition) is 1. The van der Waals surface area contributed by atoms with Crippen LogP contribution in [0.5, 0.6) is 5.75 Å². The van der Waals surface area contributed by atoms with E-state index in [1.54, 1.807) is 13.2 Å². The summed E-state index contributed by atoms with van der Waals surface area (Å²) in [6, 6.07) is 5.76. The summed E-state index contributed by atoms with van der Waals surface area (Å²) in [5.41, 5.74) is 1.03. The van der Waals surface area contributed by atoms with Crippen molar-refractivity contribution in [2.75, 3.05) is 20.8 Å². The summed E-state index contributed by atoms with van der Waals surface area (Å²) >= 11 is 6.13. The summed E-state index contributed by atoms with van der Waals surface area (Å²) in [6.07, 6.45) is 0. The van der Waals surface area contributed by atoms with Crippen molar-refractivity contribution in [2.45, 2.75) is 19.5 Å². The van der Waals surface area contributed by atoms with E-state index in [0.717, 1.165) is 11.3 Å². The number of ether oxygens (including phenoxy) is 1. The Bertz CT molecular complexity index is 344. The first kappa shape index (κ1) is 13.3. The summed E-state index contributed by atoms with van der Waals surface area (Å²) in [5.74, 6) is 0.756. The van der Waals surface area contributed by atoms with E-state index in [2.05, 4.69) is 0 Å². The SMILES string of the molecule is COc1ccc(CN(C)C(C)CO)c(Cl)c1. The van der Waals surface area contributed by atoms with E-state index in [1.165, 1.54) is 0 Å². The number of rotatable bonds is 5. The molecule has 0 saturated heterocycles. The molecule has 1 aromatic carbocycles. The van der Waals surface area contributed by atoms with Gasteiger partial charge in [0.05, 0.1) is 13.7 Å². The van der Waals surface area contributed by atoms with Crippen molar-refractivity contribution >= 4 is 11.6 Å². The fourth-order valence-corrected chi connectivity index (χ4v) is 1.58. The molecule has 16 heavy (non-hydrogen) atoms. The monoisotopic (exact) mass is 243 g/mol. The maximum Gasteiger partial charge on any atom is 0.120 e. The molecule has 1 unspecified atom stereocenters. The quantitative estimate of drug-likeness (QED) is 0.860. The number of methoxy groups -OCH3 is 1. The van der Waals surface area contributed by atoms with Crippen LogP contribution < -0.4 is 4.74 Å². The second kappa shape index (κ2) is 6.09. The molecule has 90 valence electrons. The van der Waals surface area contributed by atoms with Gasteiger partial charge in [0.25, 0.3) is 0 Å². The van der Waals surface area contributed by atoms with Crippen LogP contribution in [0.2, 0.25) is 5.02 Å². The zero-order chi connectivity index (χ0) is 12.1. The van der Waals surface area contributed by atoms with Crippen molar-refractivity contribution in [1.82, 2.24) is 4.90 Å². The highest BCUT2D eigenvalue weighted by Gasteiger charge is 2.10. The van der Waals surface area contributed by atoms with Gasteiger partial charge in [-0.1, -0.05) is 17.7 Å². The predicted octanol–water partition coefficient (Wildman–Crippen LogP) is 2.16. The predicted molar refractivity (Wildman–Crippen MR) is 66.0 cm³/mol. The van der Waals surface area contributed by atoms with Crippen LogP contribution >= 0.6 is 11.6 Å². The van der Waals surface area contributed by atoms with Gasteiger partial charge in [0.1, 0.15) is 5.75 Å². The van der Waals surface area contributed by atoms with Crippen molar-refractivity contribution in [1.29, 1.82) is 0 Å². The highest BCUT2D eigenvalue weighted by molar-refractivity contribution is 6.31. The van der Waals surface area contributed by atoms with Gasteiger partial charge in [-0.2, -0.15) is 0 Å². The molecule has 0 fully saturated rings. The summed E-state index contributed by atoms with van der Waals surface area (Å²) in [5, 5.41) is 9.73. The largest absolute Gasteiger partial charge is 0.497 e. The average Bonchev–Trinajstić information content (AvgIpc) is 2.30. The Morgan fingerprint density at radius 2 is 2.19 bits per heavy atom. The lowest BCUT2D eigenvalue weighted by atomic mass is 10.2. The van der Waals surface area contributed by atoms with Crippen LogP contribution in [-0.4, -0.2) is 36.8 Å². The van der Waals surface area contributed by atoms with Gasteiger partial charge >= 0.3 is 0 Å². The summed E-state index contributed by atoms with van der Waals surface area (Å²) in [4.78, 5) is 2.05. The maximum atomic E-state index is 9.04. The molecule has 0 amide bonds. The number of likely N-dealkylation sites (N-methyl/N-ethyl adjacent to an activating group) is 1. The van der Waals surface area contributed by atoms with Crippen LogP contribution in [0.3, 0.4) is 0 Å². The van der Waals surface area contributed by atoms with E-state index in [4.69, 9.17) is 21.4 Å². The Balaban J connectivity index is 2.74. The van der Waals surface area contributed by atoms with Crippen molar-refractivity contribution in [3.63, 3.8) is 0 Å². The van der Waals surface area contributed by atoms with Gasteiger partial charge in [0.15, 0.2) is 0 Å². The molecule has 0 aliphatic rings. The average molecular weight is 244 g/mol. The third kappa shape index (κ3) is 3.37. The van der Waals surface area contributed by atoms with E-state index >= 15 is 0 Å². The molecule has 1 atom stereocenters. The van der Waals surface area contributed by atoms with Gasteiger partial charge in [0, 0.05) is 17.6 Å². The Morgan fingerprint density at radius 1 is 1.50 bits per heavy atom. The number of aliphatic hydroxyl groups excluding tert-OH is 1. The Hall–Kier alpha value is -0.770. The number of halogens is 1. The molecule has 1 aromatic rings. The summed E-state index contributed by atoms with van der Waals surface area (Å²) in [6.45, 7) is 2.83. The van der Waals surface area contributed by atoms with Crippen molar-refractivity contribution < 1.29 is 9.84 Å². The number of benzene rings is 1. The van der Waals surface area contributed by atoms with Crippen LogP contribution in [0.4, 0.5) is 0 Å². The molecular formula is C12H18ClNO2. The van der Waals surface area contributed by atoms with Gasteiger partial charge in [-0.15, -0.1) is 0 Å². The van der Waals surface area contributed by atoms with Crippen LogP contribution in [0.1, 0.15) is 12.5 Å². The lowest BCUT2D eigenvalue weighted by molar-refractivity contribution is 0.154. The lowest BCUT2D eigenvalue weighted by Crippen LogP contribution is -2.31. The first-order valence-corrected chi connectivity index (χ1v) is 5.59. The Morgan fingerprint density at radius 3 is 2.69 bits per heavy atom. The highest BCUT2D eigenvalue weighted by atomic mass is 35.5. The van der Waals surface area contributed by atoms with Crippen LogP contribution in [-0.2, 0) is 6.54 Å². The third-order valence-electron chi connectivity index (χ3n) is 2.70. The van der Waals surface area contributed by atoms with E-state index < -0.39 is 0 Å². The van der Waals surface area contributed by atoms with Gasteiger partial charge in [-0.3, -0.25) is 4.90 Å². The zero-order valence-corrected chi connectivity index (χ0v) is 10.7. The minimum atomic E-state index is 0.123. The molecule has 0 bridgehead atoms. The topological polar surface area (TPSA) is 32.7 Å². The van der Waals surface area contributed by atoms with E-state index in [9.17, 15) is 0 Å². The van der Waals surface area contributed by atoms with Gasteiger partial charge in [-0.25, -0.2) is 0 Å². The Kier molecular flexibility index (Phi) is 5.06. The lowest BCUT2D eigenvalue weighted by Gasteiger charge is -2.23. The molecule has 0 spiro atoms. The molecule has 3 nitrogen and oxygen atoms in total. The van der Waals surface area contributed by atoms with Gasteiger partial charge < -0.3 is 9.84 Å². The van der Waals surface area contributed by atoms with Crippen molar-refractivity contribution in [2.24, 2.45) is 0 Å². The van der Waals surface area contributed by atoms with Gasteiger partial charge in [0.2, 0.25) is 0 Å². The minimum Gasteiger partial charge on any atom is -0.497 e. The van der Waals surface area contributed by atoms with Crippen molar-refractivity contribution in [3.05, 3.63) is 28.8 Å². The second-order valence-corrected chi connectivity index (χ2v) is 4.31. The number of nitrogens with zero attached hydrogens (tertiary/aromatic N) is 1. The standard InChI is InChI=1S/C12H18ClNO2/c1-9(8-15)14(2)7-10-4-5-11(16-3)6-12(10)13/h4-6,9,15H,7-8H2,1-3H3. The van der Waals surface area contributed by atoms with Crippen LogP contribution in [0.25, 0.3) is 0 Å². The second-order valence-electron chi connectivity index (χ2n) is 3.90. The fraction of sp³-hybridized carbons (Fsp3) is 0.500. The molecule has 4 heteroatoms. The van der Waals surface area contributed by atoms with Crippen LogP contribution in [0, 0.1) is 0 Å². The Labute approximate surface area is 102 Å². The first-order valence-electron chi connectivity index (χ1n) is 5.22. The molecule has 0 aliphatic heterocycles. The first-order chi connectivity index (χ1) is 7.58. The van der Waals surface area contributed by atoms with E-state index in [1.807, 2.05) is 31.0 Å². The van der Waals surface area contributed by atoms with Crippen LogP contribution in [0.15, 0.2) is 18.2 Å². The molecule has 0 aliphatic carbocycles. The number of hydrogen-bond acceptors (Lipinski definition) is 3. The minimum absolute atomic E-state index is 0.123. The number of aliphatic hydroxyl groups is 1. The third-order valence-corrected chi connectivity index (χ3v) is 3.05.